The first-order valence-electron chi connectivity index (χ1n) is 6.07. The van der Waals surface area contributed by atoms with E-state index in [2.05, 4.69) is 52.7 Å². The first kappa shape index (κ1) is 14.3. The van der Waals surface area contributed by atoms with E-state index in [-0.39, 0.29) is 0 Å². The lowest BCUT2D eigenvalue weighted by atomic mass is 10.2. The minimum Gasteiger partial charge on any atom is -0.397 e. The van der Waals surface area contributed by atoms with Crippen LogP contribution in [0, 0.1) is 0 Å². The van der Waals surface area contributed by atoms with Gasteiger partial charge in [-0.15, -0.1) is 0 Å². The number of benzene rings is 1. The Kier molecular flexibility index (Phi) is 5.78. The molecule has 0 saturated heterocycles. The SMILES string of the molecule is CCN(CC)CCN(C)c1ccc(Br)cc1N. The molecule has 17 heavy (non-hydrogen) atoms. The molecule has 0 radical (unpaired) electrons. The Morgan fingerprint density at radius 2 is 1.82 bits per heavy atom. The highest BCUT2D eigenvalue weighted by Crippen LogP contribution is 2.25. The van der Waals surface area contributed by atoms with Crippen LogP contribution in [0.3, 0.4) is 0 Å². The quantitative estimate of drug-likeness (QED) is 0.820. The van der Waals surface area contributed by atoms with Crippen molar-refractivity contribution in [2.24, 2.45) is 0 Å². The van der Waals surface area contributed by atoms with Gasteiger partial charge in [-0.2, -0.15) is 0 Å². The van der Waals surface area contributed by atoms with Crippen LogP contribution in [0.25, 0.3) is 0 Å². The highest BCUT2D eigenvalue weighted by molar-refractivity contribution is 9.10. The molecule has 0 aliphatic heterocycles. The number of likely N-dealkylation sites (N-methyl/N-ethyl adjacent to an activating group) is 2. The van der Waals surface area contributed by atoms with E-state index in [0.717, 1.165) is 42.0 Å². The van der Waals surface area contributed by atoms with Crippen LogP contribution in [-0.2, 0) is 0 Å². The van der Waals surface area contributed by atoms with Crippen LogP contribution < -0.4 is 10.6 Å². The Hall–Kier alpha value is -0.740. The molecule has 0 aromatic heterocycles. The lowest BCUT2D eigenvalue weighted by molar-refractivity contribution is 0.311. The number of nitrogen functional groups attached to an aromatic ring is 1. The van der Waals surface area contributed by atoms with Gasteiger partial charge in [0.1, 0.15) is 0 Å². The topological polar surface area (TPSA) is 32.5 Å². The van der Waals surface area contributed by atoms with Gasteiger partial charge in [0, 0.05) is 24.6 Å². The third-order valence-electron chi connectivity index (χ3n) is 3.05. The Labute approximate surface area is 113 Å². The van der Waals surface area contributed by atoms with E-state index in [0.29, 0.717) is 0 Å². The van der Waals surface area contributed by atoms with Crippen molar-refractivity contribution in [3.05, 3.63) is 22.7 Å². The summed E-state index contributed by atoms with van der Waals surface area (Å²) in [5.41, 5.74) is 7.93. The number of halogens is 1. The van der Waals surface area contributed by atoms with Gasteiger partial charge in [-0.3, -0.25) is 0 Å². The fraction of sp³-hybridized carbons (Fsp3) is 0.538. The van der Waals surface area contributed by atoms with Crippen molar-refractivity contribution in [2.75, 3.05) is 43.9 Å². The zero-order valence-electron chi connectivity index (χ0n) is 10.9. The summed E-state index contributed by atoms with van der Waals surface area (Å²) in [6.45, 7) is 8.64. The minimum atomic E-state index is 0.821. The van der Waals surface area contributed by atoms with Crippen LogP contribution in [0.5, 0.6) is 0 Å². The molecule has 0 saturated carbocycles. The van der Waals surface area contributed by atoms with Crippen LogP contribution in [0.15, 0.2) is 22.7 Å². The number of anilines is 2. The molecule has 2 N–H and O–H groups in total. The fourth-order valence-corrected chi connectivity index (χ4v) is 2.20. The standard InChI is InChI=1S/C13H22BrN3/c1-4-17(5-2)9-8-16(3)13-7-6-11(14)10-12(13)15/h6-7,10H,4-5,8-9,15H2,1-3H3. The monoisotopic (exact) mass is 299 g/mol. The zero-order chi connectivity index (χ0) is 12.8. The Balaban J connectivity index is 2.60. The van der Waals surface area contributed by atoms with E-state index in [4.69, 9.17) is 5.73 Å². The van der Waals surface area contributed by atoms with E-state index < -0.39 is 0 Å². The van der Waals surface area contributed by atoms with Gasteiger partial charge < -0.3 is 15.5 Å². The molecule has 0 atom stereocenters. The second-order valence-corrected chi connectivity index (χ2v) is 5.07. The van der Waals surface area contributed by atoms with Gasteiger partial charge in [0.25, 0.3) is 0 Å². The molecule has 1 aromatic carbocycles. The predicted octanol–water partition coefficient (Wildman–Crippen LogP) is 2.81. The lowest BCUT2D eigenvalue weighted by Crippen LogP contribution is -2.33. The van der Waals surface area contributed by atoms with Crippen LogP contribution >= 0.6 is 15.9 Å². The molecule has 0 aliphatic carbocycles. The second-order valence-electron chi connectivity index (χ2n) is 4.15. The zero-order valence-corrected chi connectivity index (χ0v) is 12.5. The van der Waals surface area contributed by atoms with Crippen molar-refractivity contribution in [3.63, 3.8) is 0 Å². The normalized spacial score (nSPS) is 10.9. The maximum absolute atomic E-state index is 6.01. The van der Waals surface area contributed by atoms with E-state index in [1.54, 1.807) is 0 Å². The molecule has 3 nitrogen and oxygen atoms in total. The summed E-state index contributed by atoms with van der Waals surface area (Å²) in [5.74, 6) is 0. The van der Waals surface area contributed by atoms with Crippen molar-refractivity contribution in [1.29, 1.82) is 0 Å². The molecule has 1 rings (SSSR count). The average Bonchev–Trinajstić information content (AvgIpc) is 2.30. The summed E-state index contributed by atoms with van der Waals surface area (Å²) in [4.78, 5) is 4.62. The van der Waals surface area contributed by atoms with E-state index >= 15 is 0 Å². The third-order valence-corrected chi connectivity index (χ3v) is 3.54. The first-order valence-corrected chi connectivity index (χ1v) is 6.86. The lowest BCUT2D eigenvalue weighted by Gasteiger charge is -2.25. The summed E-state index contributed by atoms with van der Waals surface area (Å²) >= 11 is 3.42. The summed E-state index contributed by atoms with van der Waals surface area (Å²) < 4.78 is 1.02. The first-order chi connectivity index (χ1) is 8.08. The molecule has 0 bridgehead atoms. The Morgan fingerprint density at radius 3 is 2.35 bits per heavy atom. The second kappa shape index (κ2) is 6.87. The number of hydrogen-bond acceptors (Lipinski definition) is 3. The third kappa shape index (κ3) is 4.21. The van der Waals surface area contributed by atoms with Crippen LogP contribution in [0.1, 0.15) is 13.8 Å². The molecule has 0 amide bonds. The highest BCUT2D eigenvalue weighted by Gasteiger charge is 2.07. The van der Waals surface area contributed by atoms with Crippen molar-refractivity contribution in [3.8, 4) is 0 Å². The molecular weight excluding hydrogens is 278 g/mol. The molecule has 0 spiro atoms. The van der Waals surface area contributed by atoms with Crippen molar-refractivity contribution < 1.29 is 0 Å². The van der Waals surface area contributed by atoms with E-state index in [1.807, 2.05) is 12.1 Å². The van der Waals surface area contributed by atoms with Gasteiger partial charge in [-0.25, -0.2) is 0 Å². The van der Waals surface area contributed by atoms with E-state index in [1.165, 1.54) is 0 Å². The smallest absolute Gasteiger partial charge is 0.0598 e. The van der Waals surface area contributed by atoms with Crippen molar-refractivity contribution >= 4 is 27.3 Å². The molecular formula is C13H22BrN3. The summed E-state index contributed by atoms with van der Waals surface area (Å²) in [6, 6.07) is 6.03. The molecule has 0 heterocycles. The van der Waals surface area contributed by atoms with Crippen molar-refractivity contribution in [1.82, 2.24) is 4.90 Å². The number of nitrogens with two attached hydrogens (primary N) is 1. The maximum Gasteiger partial charge on any atom is 0.0598 e. The van der Waals surface area contributed by atoms with Gasteiger partial charge in [0.05, 0.1) is 11.4 Å². The van der Waals surface area contributed by atoms with Crippen LogP contribution in [0.2, 0.25) is 0 Å². The van der Waals surface area contributed by atoms with Crippen molar-refractivity contribution in [2.45, 2.75) is 13.8 Å². The summed E-state index contributed by atoms with van der Waals surface area (Å²) in [6.07, 6.45) is 0. The molecule has 0 unspecified atom stereocenters. The van der Waals surface area contributed by atoms with Gasteiger partial charge in [-0.05, 0) is 31.3 Å². The molecule has 0 aliphatic rings. The summed E-state index contributed by atoms with van der Waals surface area (Å²) in [7, 11) is 2.09. The minimum absolute atomic E-state index is 0.821. The molecule has 1 aromatic rings. The van der Waals surface area contributed by atoms with Gasteiger partial charge >= 0.3 is 0 Å². The molecule has 96 valence electrons. The Bertz CT molecular complexity index is 351. The van der Waals surface area contributed by atoms with Gasteiger partial charge in [0.15, 0.2) is 0 Å². The molecule has 0 fully saturated rings. The average molecular weight is 300 g/mol. The van der Waals surface area contributed by atoms with Crippen LogP contribution in [-0.4, -0.2) is 38.1 Å². The van der Waals surface area contributed by atoms with Gasteiger partial charge in [0.2, 0.25) is 0 Å². The van der Waals surface area contributed by atoms with Gasteiger partial charge in [-0.1, -0.05) is 29.8 Å². The Morgan fingerprint density at radius 1 is 1.18 bits per heavy atom. The largest absolute Gasteiger partial charge is 0.397 e. The van der Waals surface area contributed by atoms with Crippen LogP contribution in [0.4, 0.5) is 11.4 Å². The number of nitrogens with zero attached hydrogens (tertiary/aromatic N) is 2. The number of rotatable bonds is 6. The highest BCUT2D eigenvalue weighted by atomic mass is 79.9. The number of hydrogen-bond donors (Lipinski definition) is 1. The maximum atomic E-state index is 6.01. The summed E-state index contributed by atoms with van der Waals surface area (Å²) in [5, 5.41) is 0. The predicted molar refractivity (Wildman–Crippen MR) is 79.6 cm³/mol. The van der Waals surface area contributed by atoms with E-state index in [9.17, 15) is 0 Å². The fourth-order valence-electron chi connectivity index (χ4n) is 1.82. The molecule has 4 heteroatoms.